The number of allylic oxidation sites excluding steroid dienone is 9. The average Bonchev–Trinajstić information content (AvgIpc) is 3.67. The van der Waals surface area contributed by atoms with E-state index in [1.807, 2.05) is 0 Å². The van der Waals surface area contributed by atoms with Gasteiger partial charge in [-0.15, -0.1) is 0 Å². The van der Waals surface area contributed by atoms with Crippen molar-refractivity contribution < 1.29 is 0 Å². The van der Waals surface area contributed by atoms with E-state index < -0.39 is 0 Å². The Kier molecular flexibility index (Phi) is 5.56. The Hall–Kier alpha value is -5.60. The summed E-state index contributed by atoms with van der Waals surface area (Å²) in [5, 5.41) is 6.52. The third-order valence-electron chi connectivity index (χ3n) is 10.4. The van der Waals surface area contributed by atoms with Gasteiger partial charge in [-0.1, -0.05) is 115 Å². The molecule has 0 radical (unpaired) electrons. The molecule has 3 aliphatic carbocycles. The number of nitrogens with one attached hydrogen (secondary N) is 1. The lowest BCUT2D eigenvalue weighted by Gasteiger charge is -2.33. The van der Waals surface area contributed by atoms with Crippen molar-refractivity contribution in [3.63, 3.8) is 0 Å². The van der Waals surface area contributed by atoms with Crippen LogP contribution in [0.5, 0.6) is 0 Å². The second kappa shape index (κ2) is 9.95. The van der Waals surface area contributed by atoms with Crippen molar-refractivity contribution in [2.75, 3.05) is 0 Å². The number of rotatable bonds is 3. The number of fused-ring (bicyclic) bond motifs is 10. The minimum absolute atomic E-state index is 0.338. The maximum Gasteiger partial charge on any atom is 0.0619 e. The average molecular weight is 589 g/mol. The molecular formula is C44H32N2. The second-order valence-corrected chi connectivity index (χ2v) is 12.8. The fourth-order valence-electron chi connectivity index (χ4n) is 8.42. The van der Waals surface area contributed by atoms with Crippen LogP contribution in [0.2, 0.25) is 0 Å². The van der Waals surface area contributed by atoms with Crippen molar-refractivity contribution in [3.8, 4) is 5.69 Å². The summed E-state index contributed by atoms with van der Waals surface area (Å²) in [5.41, 5.74) is 13.2. The van der Waals surface area contributed by atoms with Crippen LogP contribution in [0.25, 0.3) is 60.8 Å². The van der Waals surface area contributed by atoms with E-state index in [4.69, 9.17) is 0 Å². The molecule has 2 unspecified atom stereocenters. The normalized spacial score (nSPS) is 18.9. The summed E-state index contributed by atoms with van der Waals surface area (Å²) < 4.78 is 2.45. The third-order valence-corrected chi connectivity index (χ3v) is 10.4. The Balaban J connectivity index is 1.18. The largest absolute Gasteiger partial charge is 0.355 e. The minimum Gasteiger partial charge on any atom is -0.355 e. The lowest BCUT2D eigenvalue weighted by atomic mass is 9.70. The van der Waals surface area contributed by atoms with Gasteiger partial charge in [0.25, 0.3) is 0 Å². The summed E-state index contributed by atoms with van der Waals surface area (Å²) in [6.07, 6.45) is 18.8. The standard InChI is InChI=1S/C44H32N2/c1-2-15-30(16-3-1)46-42-24-11-9-19-33(42)39-26-37(32-18-5-7-21-35(32)44(39)46)28-13-12-14-29(25-28)38-27-41-43(34-20-6-4-17-31(34)38)36-22-8-10-23-40(36)45-41/h1-11,13,15-27,31,34,45H,12,14H2. The van der Waals surface area contributed by atoms with Crippen LogP contribution in [0.1, 0.15) is 35.6 Å². The fourth-order valence-corrected chi connectivity index (χ4v) is 8.42. The van der Waals surface area contributed by atoms with Crippen molar-refractivity contribution in [3.05, 3.63) is 174 Å². The van der Waals surface area contributed by atoms with Crippen LogP contribution in [0.15, 0.2) is 157 Å². The molecule has 5 aromatic carbocycles. The maximum absolute atomic E-state index is 3.76. The molecule has 2 atom stereocenters. The number of H-pyrrole nitrogens is 1. The monoisotopic (exact) mass is 588 g/mol. The Bertz CT molecular complexity index is 2530. The summed E-state index contributed by atoms with van der Waals surface area (Å²) in [6.45, 7) is 0. The number of aromatic nitrogens is 2. The van der Waals surface area contributed by atoms with Gasteiger partial charge in [-0.2, -0.15) is 0 Å². The zero-order valence-electron chi connectivity index (χ0n) is 25.4. The predicted molar refractivity (Wildman–Crippen MR) is 194 cm³/mol. The molecule has 0 saturated heterocycles. The molecule has 2 nitrogen and oxygen atoms in total. The number of benzene rings is 5. The number of nitrogens with zero attached hydrogens (tertiary/aromatic N) is 1. The molecule has 0 bridgehead atoms. The van der Waals surface area contributed by atoms with Crippen LogP contribution in [0.3, 0.4) is 0 Å². The van der Waals surface area contributed by atoms with Crippen molar-refractivity contribution in [2.24, 2.45) is 5.92 Å². The Labute approximate surface area is 268 Å². The van der Waals surface area contributed by atoms with E-state index in [1.165, 1.54) is 82.7 Å². The number of hydrogen-bond donors (Lipinski definition) is 1. The highest BCUT2D eigenvalue weighted by Gasteiger charge is 2.34. The third kappa shape index (κ3) is 3.71. The van der Waals surface area contributed by atoms with E-state index in [0.29, 0.717) is 11.8 Å². The van der Waals surface area contributed by atoms with Gasteiger partial charge in [0, 0.05) is 50.3 Å². The van der Waals surface area contributed by atoms with Crippen molar-refractivity contribution >= 4 is 55.1 Å². The van der Waals surface area contributed by atoms with Crippen LogP contribution >= 0.6 is 0 Å². The Morgan fingerprint density at radius 3 is 2.22 bits per heavy atom. The molecule has 0 fully saturated rings. The summed E-state index contributed by atoms with van der Waals surface area (Å²) >= 11 is 0. The first-order chi connectivity index (χ1) is 22.8. The smallest absolute Gasteiger partial charge is 0.0619 e. The molecule has 0 saturated carbocycles. The molecule has 3 aliphatic rings. The predicted octanol–water partition coefficient (Wildman–Crippen LogP) is 11.4. The highest BCUT2D eigenvalue weighted by atomic mass is 15.0. The molecule has 2 aromatic heterocycles. The quantitative estimate of drug-likeness (QED) is 0.212. The molecule has 218 valence electrons. The van der Waals surface area contributed by atoms with Crippen LogP contribution in [-0.2, 0) is 0 Å². The van der Waals surface area contributed by atoms with Gasteiger partial charge in [0.2, 0.25) is 0 Å². The van der Waals surface area contributed by atoms with Crippen LogP contribution in [0, 0.1) is 5.92 Å². The first-order valence-corrected chi connectivity index (χ1v) is 16.4. The Morgan fingerprint density at radius 1 is 0.630 bits per heavy atom. The van der Waals surface area contributed by atoms with Crippen LogP contribution in [-0.4, -0.2) is 9.55 Å². The second-order valence-electron chi connectivity index (χ2n) is 12.8. The highest BCUT2D eigenvalue weighted by Crippen LogP contribution is 2.49. The van der Waals surface area contributed by atoms with Gasteiger partial charge in [0.05, 0.1) is 11.0 Å². The van der Waals surface area contributed by atoms with E-state index in [9.17, 15) is 0 Å². The molecule has 2 heteroatoms. The summed E-state index contributed by atoms with van der Waals surface area (Å²) in [6, 6.07) is 39.8. The van der Waals surface area contributed by atoms with E-state index in [2.05, 4.69) is 161 Å². The van der Waals surface area contributed by atoms with E-state index in [1.54, 1.807) is 0 Å². The van der Waals surface area contributed by atoms with E-state index in [-0.39, 0.29) is 0 Å². The highest BCUT2D eigenvalue weighted by molar-refractivity contribution is 6.21. The number of para-hydroxylation sites is 3. The molecule has 0 aliphatic heterocycles. The topological polar surface area (TPSA) is 20.7 Å². The van der Waals surface area contributed by atoms with E-state index >= 15 is 0 Å². The molecule has 1 N–H and O–H groups in total. The van der Waals surface area contributed by atoms with Crippen molar-refractivity contribution in [2.45, 2.75) is 18.8 Å². The first-order valence-electron chi connectivity index (χ1n) is 16.4. The van der Waals surface area contributed by atoms with Crippen molar-refractivity contribution in [1.82, 2.24) is 9.55 Å². The number of hydrogen-bond acceptors (Lipinski definition) is 0. The van der Waals surface area contributed by atoms with Gasteiger partial charge >= 0.3 is 0 Å². The van der Waals surface area contributed by atoms with Gasteiger partial charge in [-0.05, 0) is 82.5 Å². The molecule has 0 spiro atoms. The van der Waals surface area contributed by atoms with Gasteiger partial charge < -0.3 is 9.55 Å². The maximum atomic E-state index is 3.76. The lowest BCUT2D eigenvalue weighted by molar-refractivity contribution is 0.656. The minimum atomic E-state index is 0.338. The van der Waals surface area contributed by atoms with Gasteiger partial charge in [-0.3, -0.25) is 0 Å². The van der Waals surface area contributed by atoms with E-state index in [0.717, 1.165) is 12.8 Å². The number of aromatic amines is 1. The molecule has 46 heavy (non-hydrogen) atoms. The zero-order chi connectivity index (χ0) is 30.2. The Morgan fingerprint density at radius 2 is 1.35 bits per heavy atom. The van der Waals surface area contributed by atoms with Crippen LogP contribution < -0.4 is 0 Å². The van der Waals surface area contributed by atoms with Crippen LogP contribution in [0.4, 0.5) is 0 Å². The molecule has 0 amide bonds. The fraction of sp³-hybridized carbons (Fsp3) is 0.0909. The summed E-state index contributed by atoms with van der Waals surface area (Å²) in [7, 11) is 0. The molecule has 10 rings (SSSR count). The van der Waals surface area contributed by atoms with Crippen molar-refractivity contribution in [1.29, 1.82) is 0 Å². The zero-order valence-corrected chi connectivity index (χ0v) is 25.4. The van der Waals surface area contributed by atoms with Gasteiger partial charge in [-0.25, -0.2) is 0 Å². The summed E-state index contributed by atoms with van der Waals surface area (Å²) in [5.74, 6) is 0.679. The molecule has 7 aromatic rings. The molecule has 2 heterocycles. The molecular weight excluding hydrogens is 556 g/mol. The summed E-state index contributed by atoms with van der Waals surface area (Å²) in [4.78, 5) is 3.76. The SMILES string of the molecule is C1=CC2C(C3=CC(c4cc5c6ccccc6n(-c6ccccc6)c5c5ccccc45)=CCC3)=Cc3[nH]c4ccccc4c3C2C=C1. The van der Waals surface area contributed by atoms with Gasteiger partial charge in [0.1, 0.15) is 0 Å². The van der Waals surface area contributed by atoms with Gasteiger partial charge in [0.15, 0.2) is 0 Å². The lowest BCUT2D eigenvalue weighted by Crippen LogP contribution is -2.19. The first kappa shape index (κ1) is 25.7.